The Morgan fingerprint density at radius 1 is 1.44 bits per heavy atom. The van der Waals surface area contributed by atoms with Crippen LogP contribution in [0.25, 0.3) is 0 Å². The van der Waals surface area contributed by atoms with E-state index < -0.39 is 0 Å². The van der Waals surface area contributed by atoms with E-state index in [0.717, 1.165) is 12.8 Å². The first-order valence-corrected chi connectivity index (χ1v) is 6.37. The second-order valence-electron chi connectivity index (χ2n) is 5.41. The van der Waals surface area contributed by atoms with E-state index >= 15 is 0 Å². The standard InChI is InChI=1S/C12H22ClNO2/c1-12(2,3)16-8-11(15)14-7-9-5-4-6-10(9)13/h9-10H,4-8H2,1-3H3,(H,14,15). The topological polar surface area (TPSA) is 38.3 Å². The number of carbonyl (C=O) groups excluding carboxylic acids is 1. The van der Waals surface area contributed by atoms with Crippen molar-refractivity contribution < 1.29 is 9.53 Å². The predicted octanol–water partition coefficient (Wildman–Crippen LogP) is 2.33. The number of ether oxygens (including phenoxy) is 1. The molecular weight excluding hydrogens is 226 g/mol. The number of halogens is 1. The van der Waals surface area contributed by atoms with Crippen molar-refractivity contribution in [1.82, 2.24) is 5.32 Å². The van der Waals surface area contributed by atoms with E-state index in [0.29, 0.717) is 12.5 Å². The van der Waals surface area contributed by atoms with Crippen molar-refractivity contribution in [3.05, 3.63) is 0 Å². The molecule has 2 unspecified atom stereocenters. The Balaban J connectivity index is 2.15. The smallest absolute Gasteiger partial charge is 0.246 e. The number of hydrogen-bond acceptors (Lipinski definition) is 2. The van der Waals surface area contributed by atoms with Crippen LogP contribution in [0.2, 0.25) is 0 Å². The largest absolute Gasteiger partial charge is 0.366 e. The third-order valence-corrected chi connectivity index (χ3v) is 3.34. The Labute approximate surface area is 103 Å². The van der Waals surface area contributed by atoms with Gasteiger partial charge in [-0.2, -0.15) is 0 Å². The third-order valence-electron chi connectivity index (χ3n) is 2.76. The highest BCUT2D eigenvalue weighted by atomic mass is 35.5. The minimum absolute atomic E-state index is 0.0503. The van der Waals surface area contributed by atoms with Crippen LogP contribution in [0.1, 0.15) is 40.0 Å². The lowest BCUT2D eigenvalue weighted by Crippen LogP contribution is -2.35. The molecular formula is C12H22ClNO2. The van der Waals surface area contributed by atoms with Crippen LogP contribution in [0, 0.1) is 5.92 Å². The summed E-state index contributed by atoms with van der Waals surface area (Å²) in [6, 6.07) is 0. The minimum Gasteiger partial charge on any atom is -0.366 e. The van der Waals surface area contributed by atoms with E-state index in [1.54, 1.807) is 0 Å². The zero-order valence-corrected chi connectivity index (χ0v) is 11.1. The molecule has 1 rings (SSSR count). The van der Waals surface area contributed by atoms with E-state index in [1.807, 2.05) is 20.8 Å². The van der Waals surface area contributed by atoms with Crippen molar-refractivity contribution in [2.24, 2.45) is 5.92 Å². The molecule has 1 amide bonds. The number of amides is 1. The van der Waals surface area contributed by atoms with E-state index in [9.17, 15) is 4.79 Å². The molecule has 1 aliphatic carbocycles. The van der Waals surface area contributed by atoms with Gasteiger partial charge in [-0.05, 0) is 39.5 Å². The number of nitrogens with one attached hydrogen (secondary N) is 1. The fraction of sp³-hybridized carbons (Fsp3) is 0.917. The molecule has 1 aliphatic rings. The summed E-state index contributed by atoms with van der Waals surface area (Å²) in [5.41, 5.74) is -0.264. The monoisotopic (exact) mass is 247 g/mol. The summed E-state index contributed by atoms with van der Waals surface area (Å²) in [5, 5.41) is 3.10. The van der Waals surface area contributed by atoms with Gasteiger partial charge in [0.1, 0.15) is 6.61 Å². The van der Waals surface area contributed by atoms with E-state index in [4.69, 9.17) is 16.3 Å². The van der Waals surface area contributed by atoms with E-state index in [-0.39, 0.29) is 23.5 Å². The van der Waals surface area contributed by atoms with Gasteiger partial charge in [0.2, 0.25) is 5.91 Å². The van der Waals surface area contributed by atoms with Gasteiger partial charge in [-0.25, -0.2) is 0 Å². The molecule has 94 valence electrons. The number of alkyl halides is 1. The molecule has 4 heteroatoms. The SMILES string of the molecule is CC(C)(C)OCC(=O)NCC1CCCC1Cl. The molecule has 2 atom stereocenters. The Kier molecular flexibility index (Phi) is 5.06. The van der Waals surface area contributed by atoms with Gasteiger partial charge in [0, 0.05) is 11.9 Å². The summed E-state index contributed by atoms with van der Waals surface area (Å²) in [7, 11) is 0. The average molecular weight is 248 g/mol. The van der Waals surface area contributed by atoms with Gasteiger partial charge in [-0.15, -0.1) is 11.6 Å². The maximum Gasteiger partial charge on any atom is 0.246 e. The summed E-state index contributed by atoms with van der Waals surface area (Å²) in [5.74, 6) is 0.381. The quantitative estimate of drug-likeness (QED) is 0.775. The fourth-order valence-corrected chi connectivity index (χ4v) is 2.17. The van der Waals surface area contributed by atoms with Crippen LogP contribution in [0.5, 0.6) is 0 Å². The van der Waals surface area contributed by atoms with Crippen molar-refractivity contribution in [2.45, 2.75) is 51.0 Å². The molecule has 0 heterocycles. The first kappa shape index (κ1) is 13.8. The van der Waals surface area contributed by atoms with Gasteiger partial charge in [-0.1, -0.05) is 6.42 Å². The molecule has 1 fully saturated rings. The molecule has 0 aliphatic heterocycles. The van der Waals surface area contributed by atoms with Crippen LogP contribution in [0.3, 0.4) is 0 Å². The van der Waals surface area contributed by atoms with Gasteiger partial charge in [0.05, 0.1) is 5.60 Å². The summed E-state index contributed by atoms with van der Waals surface area (Å²) < 4.78 is 5.39. The van der Waals surface area contributed by atoms with E-state index in [2.05, 4.69) is 5.32 Å². The Bertz CT molecular complexity index is 238. The van der Waals surface area contributed by atoms with Crippen LogP contribution in [0.4, 0.5) is 0 Å². The Morgan fingerprint density at radius 3 is 2.62 bits per heavy atom. The van der Waals surface area contributed by atoms with Crippen molar-refractivity contribution in [2.75, 3.05) is 13.2 Å². The molecule has 16 heavy (non-hydrogen) atoms. The molecule has 0 radical (unpaired) electrons. The van der Waals surface area contributed by atoms with Gasteiger partial charge in [-0.3, -0.25) is 4.79 Å². The van der Waals surface area contributed by atoms with Gasteiger partial charge >= 0.3 is 0 Å². The molecule has 0 bridgehead atoms. The number of rotatable bonds is 4. The van der Waals surface area contributed by atoms with Crippen LogP contribution in [0.15, 0.2) is 0 Å². The molecule has 0 aromatic heterocycles. The number of hydrogen-bond donors (Lipinski definition) is 1. The molecule has 1 saturated carbocycles. The van der Waals surface area contributed by atoms with E-state index in [1.165, 1.54) is 6.42 Å². The molecule has 3 nitrogen and oxygen atoms in total. The third kappa shape index (κ3) is 5.17. The molecule has 0 aromatic carbocycles. The van der Waals surface area contributed by atoms with Crippen molar-refractivity contribution in [1.29, 1.82) is 0 Å². The average Bonchev–Trinajstić information content (AvgIpc) is 2.57. The predicted molar refractivity (Wildman–Crippen MR) is 65.7 cm³/mol. The summed E-state index contributed by atoms with van der Waals surface area (Å²) in [6.45, 7) is 6.62. The van der Waals surface area contributed by atoms with Gasteiger partial charge < -0.3 is 10.1 Å². The maximum atomic E-state index is 11.5. The van der Waals surface area contributed by atoms with Crippen molar-refractivity contribution in [3.63, 3.8) is 0 Å². The van der Waals surface area contributed by atoms with Gasteiger partial charge in [0.15, 0.2) is 0 Å². The highest BCUT2D eigenvalue weighted by Crippen LogP contribution is 2.29. The first-order chi connectivity index (χ1) is 7.38. The van der Waals surface area contributed by atoms with Crippen LogP contribution < -0.4 is 5.32 Å². The van der Waals surface area contributed by atoms with Crippen LogP contribution >= 0.6 is 11.6 Å². The molecule has 0 aromatic rings. The van der Waals surface area contributed by atoms with Crippen molar-refractivity contribution >= 4 is 17.5 Å². The molecule has 1 N–H and O–H groups in total. The number of carbonyl (C=O) groups is 1. The fourth-order valence-electron chi connectivity index (χ4n) is 1.80. The lowest BCUT2D eigenvalue weighted by molar-refractivity contribution is -0.130. The molecule has 0 spiro atoms. The lowest BCUT2D eigenvalue weighted by atomic mass is 10.1. The van der Waals surface area contributed by atoms with Crippen LogP contribution in [-0.4, -0.2) is 30.0 Å². The van der Waals surface area contributed by atoms with Crippen LogP contribution in [-0.2, 0) is 9.53 Å². The molecule has 0 saturated heterocycles. The summed E-state index contributed by atoms with van der Waals surface area (Å²) in [4.78, 5) is 11.5. The Hall–Kier alpha value is -0.280. The summed E-state index contributed by atoms with van der Waals surface area (Å²) in [6.07, 6.45) is 3.36. The minimum atomic E-state index is -0.264. The van der Waals surface area contributed by atoms with Crippen molar-refractivity contribution in [3.8, 4) is 0 Å². The highest BCUT2D eigenvalue weighted by Gasteiger charge is 2.25. The first-order valence-electron chi connectivity index (χ1n) is 5.93. The Morgan fingerprint density at radius 2 is 2.12 bits per heavy atom. The second-order valence-corrected chi connectivity index (χ2v) is 5.97. The second kappa shape index (κ2) is 5.87. The highest BCUT2D eigenvalue weighted by molar-refractivity contribution is 6.20. The summed E-state index contributed by atoms with van der Waals surface area (Å²) >= 11 is 6.13. The maximum absolute atomic E-state index is 11.5. The van der Waals surface area contributed by atoms with Gasteiger partial charge in [0.25, 0.3) is 0 Å². The normalized spacial score (nSPS) is 25.8. The zero-order valence-electron chi connectivity index (χ0n) is 10.4. The zero-order chi connectivity index (χ0) is 12.2. The lowest BCUT2D eigenvalue weighted by Gasteiger charge is -2.20.